The van der Waals surface area contributed by atoms with E-state index in [4.69, 9.17) is 4.42 Å². The van der Waals surface area contributed by atoms with Gasteiger partial charge in [-0.15, -0.1) is 10.2 Å². The lowest BCUT2D eigenvalue weighted by Gasteiger charge is -2.27. The first kappa shape index (κ1) is 23.4. The predicted octanol–water partition coefficient (Wildman–Crippen LogP) is 4.49. The Morgan fingerprint density at radius 3 is 2.26 bits per heavy atom. The molecule has 0 aliphatic carbocycles. The second-order valence-corrected chi connectivity index (χ2v) is 12.0. The van der Waals surface area contributed by atoms with E-state index in [-0.39, 0.29) is 17.9 Å². The molecule has 0 spiro atoms. The zero-order valence-corrected chi connectivity index (χ0v) is 21.4. The Bertz CT molecular complexity index is 1480. The summed E-state index contributed by atoms with van der Waals surface area (Å²) in [5, 5.41) is 13.0. The smallest absolute Gasteiger partial charge is 0.268 e. The first-order chi connectivity index (χ1) is 16.5. The number of aromatic nitrogens is 4. The van der Waals surface area contributed by atoms with Gasteiger partial charge in [0.2, 0.25) is 15.9 Å². The van der Waals surface area contributed by atoms with Gasteiger partial charge >= 0.3 is 0 Å². The molecule has 1 aliphatic heterocycles. The maximum Gasteiger partial charge on any atom is 0.268 e. The minimum absolute atomic E-state index is 0.0472. The minimum atomic E-state index is -3.67. The molecule has 0 fully saturated rings. The van der Waals surface area contributed by atoms with Gasteiger partial charge in [0.25, 0.3) is 5.89 Å². The summed E-state index contributed by atoms with van der Waals surface area (Å²) < 4.78 is 36.2. The van der Waals surface area contributed by atoms with Gasteiger partial charge in [0.1, 0.15) is 0 Å². The molecule has 0 unspecified atom stereocenters. The van der Waals surface area contributed by atoms with E-state index in [9.17, 15) is 8.42 Å². The molecule has 2 aromatic heterocycles. The highest BCUT2D eigenvalue weighted by atomic mass is 32.2. The third kappa shape index (κ3) is 4.30. The van der Waals surface area contributed by atoms with Crippen LogP contribution in [0.2, 0.25) is 0 Å². The minimum Gasteiger partial charge on any atom is -0.415 e. The van der Waals surface area contributed by atoms with Gasteiger partial charge in [0.05, 0.1) is 4.90 Å². The average Bonchev–Trinajstić information content (AvgIpc) is 3.44. The molecule has 5 rings (SSSR count). The third-order valence-corrected chi connectivity index (χ3v) is 8.35. The number of hydrogen-bond acceptors (Lipinski definition) is 6. The summed E-state index contributed by atoms with van der Waals surface area (Å²) in [4.78, 5) is 0.291. The van der Waals surface area contributed by atoms with E-state index in [1.54, 1.807) is 16.8 Å². The van der Waals surface area contributed by atoms with E-state index >= 15 is 0 Å². The average molecular weight is 492 g/mol. The van der Waals surface area contributed by atoms with Crippen molar-refractivity contribution in [3.63, 3.8) is 0 Å². The molecule has 182 valence electrons. The number of nitrogens with zero attached hydrogens (tertiary/aromatic N) is 5. The van der Waals surface area contributed by atoms with Crippen LogP contribution in [0.4, 0.5) is 0 Å². The molecule has 0 saturated carbocycles. The Morgan fingerprint density at radius 2 is 1.60 bits per heavy atom. The van der Waals surface area contributed by atoms with Gasteiger partial charge in [0.15, 0.2) is 5.69 Å². The van der Waals surface area contributed by atoms with Gasteiger partial charge in [0, 0.05) is 43.4 Å². The van der Waals surface area contributed by atoms with Crippen LogP contribution in [0.15, 0.2) is 57.8 Å². The van der Waals surface area contributed by atoms with Crippen molar-refractivity contribution in [1.82, 2.24) is 24.3 Å². The number of sulfonamides is 1. The van der Waals surface area contributed by atoms with Crippen molar-refractivity contribution in [1.29, 1.82) is 0 Å². The van der Waals surface area contributed by atoms with Crippen LogP contribution in [0.25, 0.3) is 23.0 Å². The van der Waals surface area contributed by atoms with Crippen molar-refractivity contribution >= 4 is 10.0 Å². The Balaban J connectivity index is 1.45. The molecule has 3 heterocycles. The fourth-order valence-corrected chi connectivity index (χ4v) is 5.76. The number of rotatable bonds is 4. The number of fused-ring (bicyclic) bond motifs is 1. The second kappa shape index (κ2) is 8.42. The molecule has 0 amide bonds. The van der Waals surface area contributed by atoms with E-state index in [2.05, 4.69) is 36.1 Å². The summed E-state index contributed by atoms with van der Waals surface area (Å²) in [5.41, 5.74) is 5.30. The molecular formula is C26H29N5O3S. The van der Waals surface area contributed by atoms with Gasteiger partial charge < -0.3 is 4.42 Å². The standard InChI is InChI=1S/C26H29N5O3S/c1-17-6-8-18(9-7-17)24-27-28-25(34-24)23-21-16-31(15-14-22(21)30(5)29-23)35(32,33)20-12-10-19(11-13-20)26(2,3)4/h6-13H,14-16H2,1-5H3. The summed E-state index contributed by atoms with van der Waals surface area (Å²) >= 11 is 0. The van der Waals surface area contributed by atoms with E-state index in [0.29, 0.717) is 29.4 Å². The van der Waals surface area contributed by atoms with Crippen LogP contribution in [0.3, 0.4) is 0 Å². The summed E-state index contributed by atoms with van der Waals surface area (Å²) in [6, 6.07) is 15.0. The van der Waals surface area contributed by atoms with Gasteiger partial charge in [-0.2, -0.15) is 9.40 Å². The Hall–Kier alpha value is -3.30. The lowest BCUT2D eigenvalue weighted by atomic mass is 9.87. The van der Waals surface area contributed by atoms with Gasteiger partial charge in [-0.25, -0.2) is 8.42 Å². The Morgan fingerprint density at radius 1 is 0.943 bits per heavy atom. The number of aryl methyl sites for hydroxylation is 2. The monoisotopic (exact) mass is 491 g/mol. The Labute approximate surface area is 205 Å². The number of hydrogen-bond donors (Lipinski definition) is 0. The molecular weight excluding hydrogens is 462 g/mol. The largest absolute Gasteiger partial charge is 0.415 e. The molecule has 2 aromatic carbocycles. The summed E-state index contributed by atoms with van der Waals surface area (Å²) in [6.07, 6.45) is 0.553. The van der Waals surface area contributed by atoms with Crippen LogP contribution in [-0.2, 0) is 35.5 Å². The fourth-order valence-electron chi connectivity index (χ4n) is 4.35. The normalized spacial score (nSPS) is 14.8. The Kier molecular flexibility index (Phi) is 5.64. The third-order valence-electron chi connectivity index (χ3n) is 6.49. The highest BCUT2D eigenvalue weighted by molar-refractivity contribution is 7.89. The van der Waals surface area contributed by atoms with Crippen molar-refractivity contribution < 1.29 is 12.8 Å². The molecule has 0 N–H and O–H groups in total. The molecule has 35 heavy (non-hydrogen) atoms. The maximum atomic E-state index is 13.5. The zero-order chi connectivity index (χ0) is 25.0. The molecule has 9 heteroatoms. The van der Waals surface area contributed by atoms with Crippen molar-refractivity contribution in [3.8, 4) is 23.0 Å². The second-order valence-electron chi connectivity index (χ2n) is 10.0. The van der Waals surface area contributed by atoms with Gasteiger partial charge in [-0.3, -0.25) is 4.68 Å². The van der Waals surface area contributed by atoms with Crippen molar-refractivity contribution in [2.24, 2.45) is 7.05 Å². The molecule has 0 bridgehead atoms. The van der Waals surface area contributed by atoms with Gasteiger partial charge in [-0.05, 0) is 42.2 Å². The molecule has 8 nitrogen and oxygen atoms in total. The lowest BCUT2D eigenvalue weighted by molar-refractivity contribution is 0.386. The summed E-state index contributed by atoms with van der Waals surface area (Å²) in [6.45, 7) is 8.91. The van der Waals surface area contributed by atoms with Crippen molar-refractivity contribution in [2.75, 3.05) is 6.54 Å². The molecule has 4 aromatic rings. The predicted molar refractivity (Wildman–Crippen MR) is 133 cm³/mol. The molecule has 1 aliphatic rings. The molecule has 0 atom stereocenters. The first-order valence-corrected chi connectivity index (χ1v) is 13.0. The van der Waals surface area contributed by atoms with Crippen LogP contribution >= 0.6 is 0 Å². The van der Waals surface area contributed by atoms with E-state index < -0.39 is 10.0 Å². The quantitative estimate of drug-likeness (QED) is 0.418. The van der Waals surface area contributed by atoms with Crippen LogP contribution in [0.5, 0.6) is 0 Å². The highest BCUT2D eigenvalue weighted by Gasteiger charge is 2.33. The van der Waals surface area contributed by atoms with E-state index in [1.165, 1.54) is 4.31 Å². The van der Waals surface area contributed by atoms with Gasteiger partial charge in [-0.1, -0.05) is 50.6 Å². The van der Waals surface area contributed by atoms with Crippen LogP contribution in [0, 0.1) is 6.92 Å². The zero-order valence-electron chi connectivity index (χ0n) is 20.6. The maximum absolute atomic E-state index is 13.5. The fraction of sp³-hybridized carbons (Fsp3) is 0.346. The SMILES string of the molecule is Cc1ccc(-c2nnc(-c3nn(C)c4c3CN(S(=O)(=O)c3ccc(C(C)(C)C)cc3)CC4)o2)cc1. The highest BCUT2D eigenvalue weighted by Crippen LogP contribution is 2.33. The van der Waals surface area contributed by atoms with E-state index in [1.807, 2.05) is 50.4 Å². The topological polar surface area (TPSA) is 94.1 Å². The van der Waals surface area contributed by atoms with Crippen molar-refractivity contribution in [2.45, 2.75) is 51.0 Å². The molecule has 0 radical (unpaired) electrons. The van der Waals surface area contributed by atoms with Crippen LogP contribution in [-0.4, -0.2) is 39.2 Å². The number of benzene rings is 2. The van der Waals surface area contributed by atoms with Crippen LogP contribution < -0.4 is 0 Å². The first-order valence-electron chi connectivity index (χ1n) is 11.6. The molecule has 0 saturated heterocycles. The van der Waals surface area contributed by atoms with Crippen molar-refractivity contribution in [3.05, 3.63) is 70.9 Å². The van der Waals surface area contributed by atoms with E-state index in [0.717, 1.165) is 27.9 Å². The lowest BCUT2D eigenvalue weighted by Crippen LogP contribution is -2.36. The van der Waals surface area contributed by atoms with Crippen LogP contribution in [0.1, 0.15) is 43.2 Å². The summed E-state index contributed by atoms with van der Waals surface area (Å²) in [5.74, 6) is 0.685. The summed E-state index contributed by atoms with van der Waals surface area (Å²) in [7, 11) is -1.81.